The van der Waals surface area contributed by atoms with Gasteiger partial charge in [0.2, 0.25) is 0 Å². The number of hydrogen-bond donors (Lipinski definition) is 1. The van der Waals surface area contributed by atoms with Crippen LogP contribution < -0.4 is 5.32 Å². The molecule has 0 spiro atoms. The van der Waals surface area contributed by atoms with Gasteiger partial charge in [0.15, 0.2) is 0 Å². The SMILES string of the molecule is CCNCC1(CN(C)C(C)C(C)C)CCCOC1. The van der Waals surface area contributed by atoms with Crippen molar-refractivity contribution in [2.75, 3.05) is 39.9 Å². The Hall–Kier alpha value is -0.120. The number of hydrogen-bond acceptors (Lipinski definition) is 3. The average molecular weight is 256 g/mol. The second-order valence-corrected chi connectivity index (χ2v) is 6.34. The number of nitrogens with zero attached hydrogens (tertiary/aromatic N) is 1. The number of nitrogens with one attached hydrogen (secondary N) is 1. The molecule has 0 bridgehead atoms. The van der Waals surface area contributed by atoms with Crippen LogP contribution in [0.3, 0.4) is 0 Å². The van der Waals surface area contributed by atoms with E-state index in [0.717, 1.165) is 32.8 Å². The summed E-state index contributed by atoms with van der Waals surface area (Å²) in [4.78, 5) is 2.51. The Balaban J connectivity index is 2.59. The standard InChI is InChI=1S/C15H32N2O/c1-6-16-10-15(8-7-9-18-12-15)11-17(5)14(4)13(2)3/h13-14,16H,6-12H2,1-5H3. The van der Waals surface area contributed by atoms with E-state index in [-0.39, 0.29) is 0 Å². The Labute approximate surface area is 113 Å². The Bertz CT molecular complexity index is 225. The molecule has 1 saturated heterocycles. The van der Waals surface area contributed by atoms with Crippen molar-refractivity contribution < 1.29 is 4.74 Å². The van der Waals surface area contributed by atoms with Gasteiger partial charge in [-0.05, 0) is 39.3 Å². The maximum Gasteiger partial charge on any atom is 0.0546 e. The lowest BCUT2D eigenvalue weighted by atomic mass is 9.81. The van der Waals surface area contributed by atoms with Crippen molar-refractivity contribution in [3.05, 3.63) is 0 Å². The van der Waals surface area contributed by atoms with E-state index >= 15 is 0 Å². The van der Waals surface area contributed by atoms with Gasteiger partial charge in [0.05, 0.1) is 6.61 Å². The monoisotopic (exact) mass is 256 g/mol. The van der Waals surface area contributed by atoms with Crippen LogP contribution in [0, 0.1) is 11.3 Å². The minimum Gasteiger partial charge on any atom is -0.381 e. The molecule has 3 heteroatoms. The first kappa shape index (κ1) is 15.9. The molecule has 0 aromatic heterocycles. The number of ether oxygens (including phenoxy) is 1. The summed E-state index contributed by atoms with van der Waals surface area (Å²) in [5, 5.41) is 3.53. The highest BCUT2D eigenvalue weighted by molar-refractivity contribution is 4.88. The van der Waals surface area contributed by atoms with Crippen LogP contribution in [-0.4, -0.2) is 50.8 Å². The van der Waals surface area contributed by atoms with Crippen molar-refractivity contribution >= 4 is 0 Å². The van der Waals surface area contributed by atoms with E-state index in [1.165, 1.54) is 12.8 Å². The van der Waals surface area contributed by atoms with Gasteiger partial charge in [-0.25, -0.2) is 0 Å². The molecule has 0 aromatic carbocycles. The molecule has 1 heterocycles. The molecule has 1 fully saturated rings. The van der Waals surface area contributed by atoms with Crippen LogP contribution in [0.1, 0.15) is 40.5 Å². The third kappa shape index (κ3) is 4.52. The largest absolute Gasteiger partial charge is 0.381 e. The van der Waals surface area contributed by atoms with Gasteiger partial charge in [-0.3, -0.25) is 0 Å². The Morgan fingerprint density at radius 2 is 2.06 bits per heavy atom. The first-order chi connectivity index (χ1) is 8.51. The topological polar surface area (TPSA) is 24.5 Å². The maximum absolute atomic E-state index is 5.76. The Kier molecular flexibility index (Phi) is 6.61. The van der Waals surface area contributed by atoms with Crippen LogP contribution in [0.25, 0.3) is 0 Å². The van der Waals surface area contributed by atoms with Gasteiger partial charge in [0.1, 0.15) is 0 Å². The molecule has 2 atom stereocenters. The summed E-state index contributed by atoms with van der Waals surface area (Å²) in [6, 6.07) is 0.630. The molecule has 3 nitrogen and oxygen atoms in total. The van der Waals surface area contributed by atoms with Crippen molar-refractivity contribution in [1.29, 1.82) is 0 Å². The summed E-state index contributed by atoms with van der Waals surface area (Å²) in [5.41, 5.74) is 0.312. The van der Waals surface area contributed by atoms with Gasteiger partial charge >= 0.3 is 0 Å². The molecule has 2 unspecified atom stereocenters. The van der Waals surface area contributed by atoms with Gasteiger partial charge in [0.25, 0.3) is 0 Å². The van der Waals surface area contributed by atoms with Crippen LogP contribution in [0.15, 0.2) is 0 Å². The first-order valence-corrected chi connectivity index (χ1v) is 7.49. The fraction of sp³-hybridized carbons (Fsp3) is 1.00. The second kappa shape index (κ2) is 7.46. The molecule has 18 heavy (non-hydrogen) atoms. The highest BCUT2D eigenvalue weighted by atomic mass is 16.5. The second-order valence-electron chi connectivity index (χ2n) is 6.34. The van der Waals surface area contributed by atoms with Gasteiger partial charge in [0, 0.05) is 31.2 Å². The van der Waals surface area contributed by atoms with Gasteiger partial charge in [-0.2, -0.15) is 0 Å². The van der Waals surface area contributed by atoms with E-state index < -0.39 is 0 Å². The van der Waals surface area contributed by atoms with Crippen LogP contribution in [0.4, 0.5) is 0 Å². The average Bonchev–Trinajstić information content (AvgIpc) is 2.36. The van der Waals surface area contributed by atoms with E-state index in [4.69, 9.17) is 4.74 Å². The zero-order valence-electron chi connectivity index (χ0n) is 13.0. The Morgan fingerprint density at radius 3 is 2.56 bits per heavy atom. The molecular formula is C15H32N2O. The van der Waals surface area contributed by atoms with Crippen molar-refractivity contribution in [1.82, 2.24) is 10.2 Å². The summed E-state index contributed by atoms with van der Waals surface area (Å²) in [7, 11) is 2.26. The van der Waals surface area contributed by atoms with Crippen LogP contribution in [0.2, 0.25) is 0 Å². The molecule has 108 valence electrons. The summed E-state index contributed by atoms with van der Waals surface area (Å²) >= 11 is 0. The number of rotatable bonds is 7. The molecule has 1 aliphatic rings. The van der Waals surface area contributed by atoms with Gasteiger partial charge in [-0.1, -0.05) is 20.8 Å². The molecule has 1 N–H and O–H groups in total. The van der Waals surface area contributed by atoms with Gasteiger partial charge in [-0.15, -0.1) is 0 Å². The lowest BCUT2D eigenvalue weighted by Crippen LogP contribution is -2.50. The fourth-order valence-corrected chi connectivity index (χ4v) is 2.80. The van der Waals surface area contributed by atoms with E-state index in [9.17, 15) is 0 Å². The molecule has 0 saturated carbocycles. The summed E-state index contributed by atoms with van der Waals surface area (Å²) in [6.45, 7) is 14.2. The third-order valence-corrected chi connectivity index (χ3v) is 4.40. The van der Waals surface area contributed by atoms with Crippen molar-refractivity contribution in [2.24, 2.45) is 11.3 Å². The molecule has 0 aromatic rings. The molecule has 1 rings (SSSR count). The third-order valence-electron chi connectivity index (χ3n) is 4.40. The molecular weight excluding hydrogens is 224 g/mol. The Morgan fingerprint density at radius 1 is 1.33 bits per heavy atom. The zero-order valence-corrected chi connectivity index (χ0v) is 13.0. The highest BCUT2D eigenvalue weighted by Gasteiger charge is 2.34. The molecule has 0 aliphatic carbocycles. The smallest absolute Gasteiger partial charge is 0.0546 e. The highest BCUT2D eigenvalue weighted by Crippen LogP contribution is 2.30. The minimum absolute atomic E-state index is 0.312. The lowest BCUT2D eigenvalue weighted by Gasteiger charge is -2.42. The predicted molar refractivity (Wildman–Crippen MR) is 78.0 cm³/mol. The molecule has 1 aliphatic heterocycles. The minimum atomic E-state index is 0.312. The van der Waals surface area contributed by atoms with Crippen molar-refractivity contribution in [3.63, 3.8) is 0 Å². The fourth-order valence-electron chi connectivity index (χ4n) is 2.80. The maximum atomic E-state index is 5.76. The lowest BCUT2D eigenvalue weighted by molar-refractivity contribution is -0.0296. The summed E-state index contributed by atoms with van der Waals surface area (Å²) in [6.07, 6.45) is 2.49. The molecule has 0 amide bonds. The van der Waals surface area contributed by atoms with E-state index in [1.54, 1.807) is 0 Å². The van der Waals surface area contributed by atoms with Crippen LogP contribution in [0.5, 0.6) is 0 Å². The van der Waals surface area contributed by atoms with Gasteiger partial charge < -0.3 is 15.0 Å². The summed E-state index contributed by atoms with van der Waals surface area (Å²) in [5.74, 6) is 0.704. The van der Waals surface area contributed by atoms with Crippen molar-refractivity contribution in [3.8, 4) is 0 Å². The van der Waals surface area contributed by atoms with E-state index in [0.29, 0.717) is 17.4 Å². The normalized spacial score (nSPS) is 26.8. The van der Waals surface area contributed by atoms with E-state index in [1.807, 2.05) is 0 Å². The predicted octanol–water partition coefficient (Wildman–Crippen LogP) is 2.37. The van der Waals surface area contributed by atoms with Crippen molar-refractivity contribution in [2.45, 2.75) is 46.6 Å². The quantitative estimate of drug-likeness (QED) is 0.757. The van der Waals surface area contributed by atoms with E-state index in [2.05, 4.69) is 45.0 Å². The first-order valence-electron chi connectivity index (χ1n) is 7.49. The summed E-state index contributed by atoms with van der Waals surface area (Å²) < 4.78 is 5.76. The molecule has 0 radical (unpaired) electrons. The van der Waals surface area contributed by atoms with Crippen LogP contribution >= 0.6 is 0 Å². The van der Waals surface area contributed by atoms with Crippen LogP contribution in [-0.2, 0) is 4.74 Å². The zero-order chi connectivity index (χ0) is 13.6.